The van der Waals surface area contributed by atoms with Gasteiger partial charge in [-0.05, 0) is 51.1 Å². The third-order valence-electron chi connectivity index (χ3n) is 4.13. The minimum atomic E-state index is -0.232. The number of hydrogen-bond acceptors (Lipinski definition) is 3. The van der Waals surface area contributed by atoms with E-state index in [2.05, 4.69) is 5.32 Å². The molecule has 2 heterocycles. The minimum Gasteiger partial charge on any atom is -0.317 e. The molecule has 0 amide bonds. The molecule has 1 aromatic heterocycles. The first kappa shape index (κ1) is 17.2. The number of hydrogen-bond donors (Lipinski definition) is 1. The summed E-state index contributed by atoms with van der Waals surface area (Å²) >= 11 is 6.01. The van der Waals surface area contributed by atoms with Gasteiger partial charge in [-0.2, -0.15) is 0 Å². The second kappa shape index (κ2) is 6.98. The Morgan fingerprint density at radius 2 is 1.95 bits per heavy atom. The Kier molecular flexibility index (Phi) is 5.47. The van der Waals surface area contributed by atoms with E-state index in [0.29, 0.717) is 22.5 Å². The van der Waals surface area contributed by atoms with Crippen LogP contribution >= 0.6 is 28.6 Å². The third kappa shape index (κ3) is 2.87. The molecule has 0 aliphatic carbocycles. The van der Waals surface area contributed by atoms with Crippen molar-refractivity contribution in [1.29, 1.82) is 0 Å². The first-order valence-electron chi connectivity index (χ1n) is 7.28. The number of benzene rings is 1. The Morgan fingerprint density at radius 3 is 2.59 bits per heavy atom. The Bertz CT molecular complexity index is 794. The summed E-state index contributed by atoms with van der Waals surface area (Å²) in [7, 11) is 0. The van der Waals surface area contributed by atoms with Gasteiger partial charge < -0.3 is 5.32 Å². The zero-order chi connectivity index (χ0) is 15.0. The van der Waals surface area contributed by atoms with Crippen molar-refractivity contribution in [1.82, 2.24) is 14.5 Å². The van der Waals surface area contributed by atoms with Gasteiger partial charge in [0.15, 0.2) is 0 Å². The predicted octanol–water partition coefficient (Wildman–Crippen LogP) is 2.34. The Morgan fingerprint density at radius 1 is 1.27 bits per heavy atom. The Balaban J connectivity index is 0.00000176. The maximum Gasteiger partial charge on any atom is 0.331 e. The summed E-state index contributed by atoms with van der Waals surface area (Å²) in [6, 6.07) is 5.07. The largest absolute Gasteiger partial charge is 0.331 e. The molecule has 1 aliphatic rings. The number of fused-ring (bicyclic) bond motifs is 1. The summed E-state index contributed by atoms with van der Waals surface area (Å²) in [6.07, 6.45) is 1.61. The monoisotopic (exact) mass is 387 g/mol. The third-order valence-corrected chi connectivity index (χ3v) is 4.36. The number of rotatable bonds is 2. The predicted molar refractivity (Wildman–Crippen MR) is 94.6 cm³/mol. The van der Waals surface area contributed by atoms with Gasteiger partial charge in [-0.15, -0.1) is 17.0 Å². The summed E-state index contributed by atoms with van der Waals surface area (Å²) in [5, 5.41) is 4.34. The van der Waals surface area contributed by atoms with Crippen molar-refractivity contribution in [2.75, 3.05) is 13.1 Å². The molecule has 0 saturated carbocycles. The molecule has 0 spiro atoms. The average Bonchev–Trinajstić information content (AvgIpc) is 2.48. The summed E-state index contributed by atoms with van der Waals surface area (Å²) in [5.41, 5.74) is 0.178. The Hall–Kier alpha value is -1.11. The van der Waals surface area contributed by atoms with Crippen LogP contribution in [0.5, 0.6) is 0 Å². The lowest BCUT2D eigenvalue weighted by atomic mass is 10.1. The quantitative estimate of drug-likeness (QED) is 0.859. The fraction of sp³-hybridized carbons (Fsp3) is 0.467. The number of aryl methyl sites for hydroxylation is 1. The van der Waals surface area contributed by atoms with Crippen LogP contribution < -0.4 is 16.6 Å². The lowest BCUT2D eigenvalue weighted by Crippen LogP contribution is -2.45. The van der Waals surface area contributed by atoms with Crippen molar-refractivity contribution in [3.05, 3.63) is 44.1 Å². The maximum atomic E-state index is 12.7. The highest BCUT2D eigenvalue weighted by atomic mass is 79.9. The fourth-order valence-electron chi connectivity index (χ4n) is 3.05. The molecular weight excluding hydrogens is 370 g/mol. The van der Waals surface area contributed by atoms with Crippen LogP contribution in [0.4, 0.5) is 0 Å². The zero-order valence-electron chi connectivity index (χ0n) is 12.3. The normalized spacial score (nSPS) is 15.7. The van der Waals surface area contributed by atoms with E-state index in [9.17, 15) is 9.59 Å². The van der Waals surface area contributed by atoms with Crippen molar-refractivity contribution in [3.8, 4) is 0 Å². The van der Waals surface area contributed by atoms with E-state index < -0.39 is 0 Å². The van der Waals surface area contributed by atoms with Gasteiger partial charge >= 0.3 is 5.69 Å². The number of aromatic nitrogens is 2. The minimum absolute atomic E-state index is 0. The van der Waals surface area contributed by atoms with E-state index in [0.717, 1.165) is 25.9 Å². The van der Waals surface area contributed by atoms with Gasteiger partial charge in [0.25, 0.3) is 5.56 Å². The highest BCUT2D eigenvalue weighted by Crippen LogP contribution is 2.19. The molecule has 0 atom stereocenters. The second-order valence-corrected chi connectivity index (χ2v) is 5.78. The summed E-state index contributed by atoms with van der Waals surface area (Å²) < 4.78 is 3.06. The molecular formula is C15H19BrClN3O2. The van der Waals surface area contributed by atoms with Gasteiger partial charge in [-0.3, -0.25) is 13.9 Å². The summed E-state index contributed by atoms with van der Waals surface area (Å²) in [6.45, 7) is 4.09. The van der Waals surface area contributed by atoms with Gasteiger partial charge in [0.05, 0.1) is 10.9 Å². The fourth-order valence-corrected chi connectivity index (χ4v) is 3.22. The van der Waals surface area contributed by atoms with E-state index in [1.54, 1.807) is 22.8 Å². The van der Waals surface area contributed by atoms with Crippen molar-refractivity contribution < 1.29 is 0 Å². The molecule has 0 bridgehead atoms. The molecule has 1 N–H and O–H groups in total. The number of halogens is 2. The number of nitrogens with zero attached hydrogens (tertiary/aromatic N) is 2. The number of nitrogens with one attached hydrogen (secondary N) is 1. The highest BCUT2D eigenvalue weighted by molar-refractivity contribution is 8.93. The molecule has 0 radical (unpaired) electrons. The molecule has 120 valence electrons. The molecule has 1 fully saturated rings. The molecule has 22 heavy (non-hydrogen) atoms. The van der Waals surface area contributed by atoms with Crippen LogP contribution in [-0.4, -0.2) is 22.2 Å². The van der Waals surface area contributed by atoms with E-state index in [-0.39, 0.29) is 34.3 Å². The molecule has 7 heteroatoms. The van der Waals surface area contributed by atoms with Gasteiger partial charge in [-0.25, -0.2) is 4.79 Å². The van der Waals surface area contributed by atoms with Crippen LogP contribution in [0, 0.1) is 0 Å². The molecule has 5 nitrogen and oxygen atoms in total. The molecule has 2 aromatic rings. The van der Waals surface area contributed by atoms with Crippen molar-refractivity contribution in [3.63, 3.8) is 0 Å². The molecule has 1 aliphatic heterocycles. The first-order chi connectivity index (χ1) is 10.1. The molecule has 1 saturated heterocycles. The van der Waals surface area contributed by atoms with E-state index >= 15 is 0 Å². The lowest BCUT2D eigenvalue weighted by molar-refractivity contribution is 0.346. The van der Waals surface area contributed by atoms with Gasteiger partial charge in [0.2, 0.25) is 0 Å². The van der Waals surface area contributed by atoms with E-state index in [1.807, 2.05) is 6.92 Å². The van der Waals surface area contributed by atoms with Crippen LogP contribution in [0.1, 0.15) is 25.8 Å². The Labute approximate surface area is 143 Å². The van der Waals surface area contributed by atoms with Crippen LogP contribution in [0.15, 0.2) is 27.8 Å². The van der Waals surface area contributed by atoms with Crippen molar-refractivity contribution in [2.45, 2.75) is 32.4 Å². The number of piperidine rings is 1. The van der Waals surface area contributed by atoms with E-state index in [4.69, 9.17) is 11.6 Å². The van der Waals surface area contributed by atoms with Gasteiger partial charge in [0.1, 0.15) is 0 Å². The zero-order valence-corrected chi connectivity index (χ0v) is 14.8. The highest BCUT2D eigenvalue weighted by Gasteiger charge is 2.21. The van der Waals surface area contributed by atoms with Crippen LogP contribution in [-0.2, 0) is 6.54 Å². The smallest absolute Gasteiger partial charge is 0.317 e. The van der Waals surface area contributed by atoms with Gasteiger partial charge in [0, 0.05) is 17.6 Å². The lowest BCUT2D eigenvalue weighted by Gasteiger charge is -2.25. The average molecular weight is 389 g/mol. The van der Waals surface area contributed by atoms with Crippen LogP contribution in [0.2, 0.25) is 5.02 Å². The molecule has 1 aromatic carbocycles. The van der Waals surface area contributed by atoms with Crippen molar-refractivity contribution >= 4 is 39.5 Å². The first-order valence-corrected chi connectivity index (χ1v) is 7.66. The standard InChI is InChI=1S/C15H18ClN3O2.BrH/c1-2-18-13-9-10(16)3-4-12(13)14(20)19(15(18)21)11-5-7-17-8-6-11;/h3-4,9,11,17H,2,5-8H2,1H3;1H. The summed E-state index contributed by atoms with van der Waals surface area (Å²) in [4.78, 5) is 25.4. The van der Waals surface area contributed by atoms with Crippen molar-refractivity contribution in [2.24, 2.45) is 0 Å². The maximum absolute atomic E-state index is 12.7. The molecule has 3 rings (SSSR count). The second-order valence-electron chi connectivity index (χ2n) is 5.34. The van der Waals surface area contributed by atoms with Gasteiger partial charge in [-0.1, -0.05) is 11.6 Å². The SMILES string of the molecule is Br.CCn1c(=O)n(C2CCNCC2)c(=O)c2ccc(Cl)cc21. The molecule has 0 unspecified atom stereocenters. The van der Waals surface area contributed by atoms with Crippen LogP contribution in [0.25, 0.3) is 10.9 Å². The summed E-state index contributed by atoms with van der Waals surface area (Å²) in [5.74, 6) is 0. The topological polar surface area (TPSA) is 56.0 Å². The van der Waals surface area contributed by atoms with Crippen LogP contribution in [0.3, 0.4) is 0 Å². The van der Waals surface area contributed by atoms with E-state index in [1.165, 1.54) is 4.57 Å².